The molecule has 0 radical (unpaired) electrons. The van der Waals surface area contributed by atoms with Gasteiger partial charge in [-0.25, -0.2) is 0 Å². The highest BCUT2D eigenvalue weighted by atomic mass is 16.2. The molecule has 0 aromatic heterocycles. The van der Waals surface area contributed by atoms with Gasteiger partial charge in [0.15, 0.2) is 0 Å². The number of nitrogens with zero attached hydrogens (tertiary/aromatic N) is 2. The average molecular weight is 369 g/mol. The van der Waals surface area contributed by atoms with E-state index in [1.54, 1.807) is 53.4 Å². The fourth-order valence-electron chi connectivity index (χ4n) is 2.80. The molecule has 5 heteroatoms. The summed E-state index contributed by atoms with van der Waals surface area (Å²) >= 11 is 0. The normalized spacial score (nSPS) is 10.0. The van der Waals surface area contributed by atoms with Gasteiger partial charge in [-0.05, 0) is 67.6 Å². The molecule has 138 valence electrons. The molecule has 0 aliphatic carbocycles. The lowest BCUT2D eigenvalue weighted by molar-refractivity contribution is 0.0985. The van der Waals surface area contributed by atoms with Crippen LogP contribution in [0.4, 0.5) is 11.4 Å². The fraction of sp³-hybridized carbons (Fsp3) is 0.0870. The van der Waals surface area contributed by atoms with Crippen molar-refractivity contribution in [3.63, 3.8) is 0 Å². The Labute approximate surface area is 163 Å². The second-order valence-corrected chi connectivity index (χ2v) is 6.11. The molecule has 3 rings (SSSR count). The Hall–Kier alpha value is -3.91. The molecule has 3 aromatic rings. The fourth-order valence-corrected chi connectivity index (χ4v) is 2.80. The van der Waals surface area contributed by atoms with E-state index in [1.807, 2.05) is 43.3 Å². The van der Waals surface area contributed by atoms with Crippen molar-refractivity contribution >= 4 is 23.2 Å². The van der Waals surface area contributed by atoms with Crippen molar-refractivity contribution in [2.24, 2.45) is 0 Å². The topological polar surface area (TPSA) is 73.2 Å². The van der Waals surface area contributed by atoms with Crippen molar-refractivity contribution in [3.05, 3.63) is 95.6 Å². The van der Waals surface area contributed by atoms with Crippen LogP contribution in [0.1, 0.15) is 33.2 Å². The maximum atomic E-state index is 12.8. The molecular formula is C23H19N3O2. The van der Waals surface area contributed by atoms with Gasteiger partial charge in [0.25, 0.3) is 11.8 Å². The number of nitriles is 1. The van der Waals surface area contributed by atoms with Gasteiger partial charge in [-0.3, -0.25) is 9.59 Å². The van der Waals surface area contributed by atoms with Crippen LogP contribution >= 0.6 is 0 Å². The second kappa shape index (κ2) is 8.65. The molecule has 0 saturated carbocycles. The van der Waals surface area contributed by atoms with E-state index in [4.69, 9.17) is 5.26 Å². The van der Waals surface area contributed by atoms with Crippen LogP contribution in [0.5, 0.6) is 0 Å². The molecule has 2 amide bonds. The quantitative estimate of drug-likeness (QED) is 0.721. The number of hydrogen-bond donors (Lipinski definition) is 1. The van der Waals surface area contributed by atoms with E-state index in [0.29, 0.717) is 28.9 Å². The van der Waals surface area contributed by atoms with Gasteiger partial charge in [0.1, 0.15) is 0 Å². The number of carbonyl (C=O) groups is 2. The lowest BCUT2D eigenvalue weighted by Crippen LogP contribution is -2.30. The van der Waals surface area contributed by atoms with E-state index in [2.05, 4.69) is 5.32 Å². The van der Waals surface area contributed by atoms with Gasteiger partial charge in [-0.15, -0.1) is 0 Å². The van der Waals surface area contributed by atoms with Gasteiger partial charge in [0, 0.05) is 29.0 Å². The maximum absolute atomic E-state index is 12.8. The molecule has 0 heterocycles. The monoisotopic (exact) mass is 369 g/mol. The summed E-state index contributed by atoms with van der Waals surface area (Å²) in [4.78, 5) is 26.9. The van der Waals surface area contributed by atoms with Crippen LogP contribution in [0.2, 0.25) is 0 Å². The Bertz CT molecular complexity index is 1000. The number of hydrogen-bond acceptors (Lipinski definition) is 3. The Balaban J connectivity index is 1.72. The zero-order chi connectivity index (χ0) is 19.9. The van der Waals surface area contributed by atoms with E-state index in [-0.39, 0.29) is 11.8 Å². The third-order valence-electron chi connectivity index (χ3n) is 4.30. The third-order valence-corrected chi connectivity index (χ3v) is 4.30. The first-order chi connectivity index (χ1) is 13.6. The SMILES string of the molecule is CCN(C(=O)c1ccc(C(=O)Nc2ccc(C#N)cc2)cc1)c1ccccc1. The Kier molecular flexibility index (Phi) is 5.83. The minimum absolute atomic E-state index is 0.118. The Morgan fingerprint density at radius 1 is 0.893 bits per heavy atom. The van der Waals surface area contributed by atoms with Crippen LogP contribution in [0, 0.1) is 11.3 Å². The summed E-state index contributed by atoms with van der Waals surface area (Å²) in [6.07, 6.45) is 0. The number of para-hydroxylation sites is 1. The van der Waals surface area contributed by atoms with Crippen LogP contribution in [-0.4, -0.2) is 18.4 Å². The number of rotatable bonds is 5. The summed E-state index contributed by atoms with van der Waals surface area (Å²) in [6.45, 7) is 2.47. The highest BCUT2D eigenvalue weighted by Gasteiger charge is 2.16. The van der Waals surface area contributed by atoms with Crippen LogP contribution in [0.15, 0.2) is 78.9 Å². The molecule has 0 unspecified atom stereocenters. The lowest BCUT2D eigenvalue weighted by atomic mass is 10.1. The van der Waals surface area contributed by atoms with Crippen LogP contribution in [0.25, 0.3) is 0 Å². The van der Waals surface area contributed by atoms with Crippen molar-refractivity contribution < 1.29 is 9.59 Å². The average Bonchev–Trinajstić information content (AvgIpc) is 2.75. The van der Waals surface area contributed by atoms with Gasteiger partial charge in [-0.2, -0.15) is 5.26 Å². The minimum Gasteiger partial charge on any atom is -0.322 e. The highest BCUT2D eigenvalue weighted by molar-refractivity contribution is 6.08. The Morgan fingerprint density at radius 2 is 1.50 bits per heavy atom. The molecule has 0 aliphatic heterocycles. The van der Waals surface area contributed by atoms with Gasteiger partial charge in [-0.1, -0.05) is 18.2 Å². The standard InChI is InChI=1S/C23H19N3O2/c1-2-26(21-6-4-3-5-7-21)23(28)19-12-10-18(11-13-19)22(27)25-20-14-8-17(16-24)9-15-20/h3-15H,2H2,1H3,(H,25,27). The van der Waals surface area contributed by atoms with Crippen molar-refractivity contribution in [1.82, 2.24) is 0 Å². The maximum Gasteiger partial charge on any atom is 0.258 e. The van der Waals surface area contributed by atoms with E-state index in [0.717, 1.165) is 5.69 Å². The van der Waals surface area contributed by atoms with Crippen molar-refractivity contribution in [2.45, 2.75) is 6.92 Å². The summed E-state index contributed by atoms with van der Waals surface area (Å²) in [5.41, 5.74) is 2.92. The number of anilines is 2. The Morgan fingerprint density at radius 3 is 2.07 bits per heavy atom. The minimum atomic E-state index is -0.279. The van der Waals surface area contributed by atoms with E-state index in [1.165, 1.54) is 0 Å². The van der Waals surface area contributed by atoms with E-state index >= 15 is 0 Å². The largest absolute Gasteiger partial charge is 0.322 e. The van der Waals surface area contributed by atoms with Crippen molar-refractivity contribution in [1.29, 1.82) is 5.26 Å². The number of amides is 2. The van der Waals surface area contributed by atoms with Gasteiger partial charge in [0.2, 0.25) is 0 Å². The van der Waals surface area contributed by atoms with E-state index < -0.39 is 0 Å². The zero-order valence-electron chi connectivity index (χ0n) is 15.4. The predicted molar refractivity (Wildman–Crippen MR) is 109 cm³/mol. The van der Waals surface area contributed by atoms with Crippen molar-refractivity contribution in [3.8, 4) is 6.07 Å². The second-order valence-electron chi connectivity index (χ2n) is 6.11. The molecule has 28 heavy (non-hydrogen) atoms. The lowest BCUT2D eigenvalue weighted by Gasteiger charge is -2.21. The van der Waals surface area contributed by atoms with Crippen LogP contribution < -0.4 is 10.2 Å². The molecule has 0 aliphatic rings. The first-order valence-electron chi connectivity index (χ1n) is 8.91. The highest BCUT2D eigenvalue weighted by Crippen LogP contribution is 2.17. The van der Waals surface area contributed by atoms with Crippen molar-refractivity contribution in [2.75, 3.05) is 16.8 Å². The molecule has 0 saturated heterocycles. The summed E-state index contributed by atoms with van der Waals surface area (Å²) in [5, 5.41) is 11.6. The predicted octanol–water partition coefficient (Wildman–Crippen LogP) is 4.48. The number of carbonyl (C=O) groups excluding carboxylic acids is 2. The van der Waals surface area contributed by atoms with E-state index in [9.17, 15) is 9.59 Å². The first kappa shape index (κ1) is 18.9. The van der Waals surface area contributed by atoms with Crippen LogP contribution in [0.3, 0.4) is 0 Å². The smallest absolute Gasteiger partial charge is 0.258 e. The molecule has 3 aromatic carbocycles. The molecule has 5 nitrogen and oxygen atoms in total. The zero-order valence-corrected chi connectivity index (χ0v) is 15.4. The summed E-state index contributed by atoms with van der Waals surface area (Å²) in [5.74, 6) is -0.396. The molecule has 0 fully saturated rings. The van der Waals surface area contributed by atoms with Gasteiger partial charge >= 0.3 is 0 Å². The molecule has 0 atom stereocenters. The van der Waals surface area contributed by atoms with Gasteiger partial charge < -0.3 is 10.2 Å². The molecule has 0 spiro atoms. The van der Waals surface area contributed by atoms with Gasteiger partial charge in [0.05, 0.1) is 11.6 Å². The molecule has 1 N–H and O–H groups in total. The number of nitrogens with one attached hydrogen (secondary N) is 1. The summed E-state index contributed by atoms with van der Waals surface area (Å²) in [6, 6.07) is 24.7. The number of benzene rings is 3. The molecule has 0 bridgehead atoms. The van der Waals surface area contributed by atoms with Crippen LogP contribution in [-0.2, 0) is 0 Å². The summed E-state index contributed by atoms with van der Waals surface area (Å²) < 4.78 is 0. The molecular weight excluding hydrogens is 350 g/mol. The third kappa shape index (κ3) is 4.25. The summed E-state index contributed by atoms with van der Waals surface area (Å²) in [7, 11) is 0. The first-order valence-corrected chi connectivity index (χ1v) is 8.91.